The second kappa shape index (κ2) is 3.00. The fourth-order valence-electron chi connectivity index (χ4n) is 2.44. The molecule has 1 saturated carbocycles. The lowest BCUT2D eigenvalue weighted by molar-refractivity contribution is 0.229. The van der Waals surface area contributed by atoms with E-state index in [1.165, 1.54) is 19.3 Å². The Balaban J connectivity index is 0.000000336. The molecule has 1 heterocycles. The number of fused-ring (bicyclic) bond motifs is 1. The van der Waals surface area contributed by atoms with E-state index in [0.717, 1.165) is 7.11 Å². The van der Waals surface area contributed by atoms with E-state index in [4.69, 9.17) is 9.84 Å². The standard InChI is InChI=1S/C9H16O.CH4O/c1-8(2)5-4-6-9(3)7(8)10-9;1-2/h7H,4-6H2,1-3H3;2H,1H3/t7-,9-;/m1./s1. The molecule has 2 aliphatic rings. The average Bonchev–Trinajstić information content (AvgIpc) is 2.67. The van der Waals surface area contributed by atoms with Gasteiger partial charge in [-0.2, -0.15) is 0 Å². The van der Waals surface area contributed by atoms with Crippen molar-refractivity contribution in [2.75, 3.05) is 7.11 Å². The predicted molar refractivity (Wildman–Crippen MR) is 49.1 cm³/mol. The molecule has 12 heavy (non-hydrogen) atoms. The summed E-state index contributed by atoms with van der Waals surface area (Å²) < 4.78 is 5.68. The number of rotatable bonds is 0. The molecule has 1 aliphatic carbocycles. The van der Waals surface area contributed by atoms with Gasteiger partial charge in [-0.05, 0) is 31.6 Å². The van der Waals surface area contributed by atoms with Gasteiger partial charge in [-0.25, -0.2) is 0 Å². The number of aliphatic hydroxyl groups is 1. The molecule has 1 saturated heterocycles. The van der Waals surface area contributed by atoms with E-state index in [2.05, 4.69) is 20.8 Å². The third-order valence-corrected chi connectivity index (χ3v) is 3.09. The van der Waals surface area contributed by atoms with Crippen molar-refractivity contribution in [1.29, 1.82) is 0 Å². The third-order valence-electron chi connectivity index (χ3n) is 3.09. The number of ether oxygens (including phenoxy) is 1. The second-order valence-electron chi connectivity index (χ2n) is 4.65. The van der Waals surface area contributed by atoms with Gasteiger partial charge in [0, 0.05) is 7.11 Å². The fraction of sp³-hybridized carbons (Fsp3) is 1.00. The molecule has 0 aromatic carbocycles. The molecular formula is C10H20O2. The minimum atomic E-state index is 0.280. The maximum absolute atomic E-state index is 7.00. The van der Waals surface area contributed by atoms with Crippen LogP contribution < -0.4 is 0 Å². The zero-order valence-corrected chi connectivity index (χ0v) is 8.55. The lowest BCUT2D eigenvalue weighted by atomic mass is 9.73. The molecule has 0 radical (unpaired) electrons. The van der Waals surface area contributed by atoms with Crippen LogP contribution in [0.1, 0.15) is 40.0 Å². The number of aliphatic hydroxyl groups excluding tert-OH is 1. The summed E-state index contributed by atoms with van der Waals surface area (Å²) in [6.07, 6.45) is 4.53. The van der Waals surface area contributed by atoms with Crippen molar-refractivity contribution in [2.45, 2.75) is 51.7 Å². The molecule has 2 atom stereocenters. The molecule has 1 N–H and O–H groups in total. The number of hydrogen-bond donors (Lipinski definition) is 1. The maximum Gasteiger partial charge on any atom is 0.0926 e. The summed E-state index contributed by atoms with van der Waals surface area (Å²) in [4.78, 5) is 0. The summed E-state index contributed by atoms with van der Waals surface area (Å²) in [7, 11) is 1.00. The van der Waals surface area contributed by atoms with Crippen molar-refractivity contribution in [3.05, 3.63) is 0 Å². The van der Waals surface area contributed by atoms with Gasteiger partial charge in [-0.3, -0.25) is 0 Å². The van der Waals surface area contributed by atoms with Crippen LogP contribution in [0.25, 0.3) is 0 Å². The van der Waals surface area contributed by atoms with Crippen molar-refractivity contribution in [1.82, 2.24) is 0 Å². The van der Waals surface area contributed by atoms with Gasteiger partial charge in [-0.1, -0.05) is 13.8 Å². The Morgan fingerprint density at radius 2 is 1.75 bits per heavy atom. The molecular weight excluding hydrogens is 152 g/mol. The Kier molecular flexibility index (Phi) is 2.50. The first kappa shape index (κ1) is 10.0. The molecule has 0 amide bonds. The van der Waals surface area contributed by atoms with Crippen molar-refractivity contribution >= 4 is 0 Å². The van der Waals surface area contributed by atoms with Gasteiger partial charge in [0.15, 0.2) is 0 Å². The molecule has 2 nitrogen and oxygen atoms in total. The maximum atomic E-state index is 7.00. The van der Waals surface area contributed by atoms with E-state index in [9.17, 15) is 0 Å². The van der Waals surface area contributed by atoms with E-state index < -0.39 is 0 Å². The van der Waals surface area contributed by atoms with E-state index in [1.54, 1.807) is 0 Å². The summed E-state index contributed by atoms with van der Waals surface area (Å²) in [6, 6.07) is 0. The molecule has 2 fully saturated rings. The Hall–Kier alpha value is -0.0800. The highest BCUT2D eigenvalue weighted by atomic mass is 16.6. The highest BCUT2D eigenvalue weighted by Crippen LogP contribution is 2.55. The van der Waals surface area contributed by atoms with Crippen molar-refractivity contribution in [2.24, 2.45) is 5.41 Å². The van der Waals surface area contributed by atoms with Gasteiger partial charge in [0.05, 0.1) is 11.7 Å². The lowest BCUT2D eigenvalue weighted by Crippen LogP contribution is -2.30. The van der Waals surface area contributed by atoms with Gasteiger partial charge < -0.3 is 9.84 Å². The summed E-state index contributed by atoms with van der Waals surface area (Å²) in [5.74, 6) is 0. The van der Waals surface area contributed by atoms with E-state index >= 15 is 0 Å². The molecule has 0 unspecified atom stereocenters. The molecule has 72 valence electrons. The second-order valence-corrected chi connectivity index (χ2v) is 4.65. The van der Waals surface area contributed by atoms with Crippen molar-refractivity contribution in [3.8, 4) is 0 Å². The van der Waals surface area contributed by atoms with Crippen molar-refractivity contribution < 1.29 is 9.84 Å². The highest BCUT2D eigenvalue weighted by Gasteiger charge is 2.61. The van der Waals surface area contributed by atoms with E-state index in [1.807, 2.05) is 0 Å². The van der Waals surface area contributed by atoms with Crippen LogP contribution in [0.4, 0.5) is 0 Å². The van der Waals surface area contributed by atoms with Crippen LogP contribution in [0.15, 0.2) is 0 Å². The summed E-state index contributed by atoms with van der Waals surface area (Å²) in [6.45, 7) is 6.89. The highest BCUT2D eigenvalue weighted by molar-refractivity contribution is 5.09. The van der Waals surface area contributed by atoms with Crippen LogP contribution >= 0.6 is 0 Å². The minimum absolute atomic E-state index is 0.280. The summed E-state index contributed by atoms with van der Waals surface area (Å²) >= 11 is 0. The lowest BCUT2D eigenvalue weighted by Gasteiger charge is -2.28. The number of hydrogen-bond acceptors (Lipinski definition) is 2. The third kappa shape index (κ3) is 1.50. The fourth-order valence-corrected chi connectivity index (χ4v) is 2.44. The molecule has 2 heteroatoms. The summed E-state index contributed by atoms with van der Waals surface area (Å²) in [5, 5.41) is 7.00. The first-order valence-electron chi connectivity index (χ1n) is 4.67. The first-order valence-corrected chi connectivity index (χ1v) is 4.67. The number of epoxide rings is 1. The molecule has 2 rings (SSSR count). The van der Waals surface area contributed by atoms with Crippen LogP contribution in [0.5, 0.6) is 0 Å². The molecule has 0 aromatic rings. The average molecular weight is 172 g/mol. The van der Waals surface area contributed by atoms with E-state index in [0.29, 0.717) is 11.5 Å². The minimum Gasteiger partial charge on any atom is -0.400 e. The SMILES string of the molecule is CC1(C)CCC[C@@]2(C)O[C@H]12.CO. The van der Waals surface area contributed by atoms with Crippen LogP contribution in [0, 0.1) is 5.41 Å². The Bertz CT molecular complexity index is 165. The van der Waals surface area contributed by atoms with Gasteiger partial charge in [-0.15, -0.1) is 0 Å². The predicted octanol–water partition coefficient (Wildman–Crippen LogP) is 1.96. The Morgan fingerprint density at radius 1 is 1.17 bits per heavy atom. The quantitative estimate of drug-likeness (QED) is 0.567. The van der Waals surface area contributed by atoms with Crippen LogP contribution in [0.2, 0.25) is 0 Å². The van der Waals surface area contributed by atoms with Crippen LogP contribution in [-0.4, -0.2) is 23.9 Å². The van der Waals surface area contributed by atoms with E-state index in [-0.39, 0.29) is 5.60 Å². The largest absolute Gasteiger partial charge is 0.400 e. The van der Waals surface area contributed by atoms with Gasteiger partial charge in [0.25, 0.3) is 0 Å². The van der Waals surface area contributed by atoms with Gasteiger partial charge in [0.2, 0.25) is 0 Å². The normalized spacial score (nSPS) is 42.2. The molecule has 1 aliphatic heterocycles. The topological polar surface area (TPSA) is 32.8 Å². The zero-order chi connectivity index (χ0) is 9.41. The monoisotopic (exact) mass is 172 g/mol. The zero-order valence-electron chi connectivity index (χ0n) is 8.55. The Labute approximate surface area is 74.9 Å². The smallest absolute Gasteiger partial charge is 0.0926 e. The molecule has 0 aromatic heterocycles. The van der Waals surface area contributed by atoms with Gasteiger partial charge in [0.1, 0.15) is 0 Å². The van der Waals surface area contributed by atoms with Gasteiger partial charge >= 0.3 is 0 Å². The first-order chi connectivity index (χ1) is 5.55. The Morgan fingerprint density at radius 3 is 2.17 bits per heavy atom. The van der Waals surface area contributed by atoms with Crippen LogP contribution in [0.3, 0.4) is 0 Å². The molecule has 0 spiro atoms. The van der Waals surface area contributed by atoms with Crippen molar-refractivity contribution in [3.63, 3.8) is 0 Å². The van der Waals surface area contributed by atoms with Crippen LogP contribution in [-0.2, 0) is 4.74 Å². The molecule has 0 bridgehead atoms. The summed E-state index contributed by atoms with van der Waals surface area (Å²) in [5.41, 5.74) is 0.731.